The maximum absolute atomic E-state index is 4.18. The van der Waals surface area contributed by atoms with Crippen LogP contribution in [0.2, 0.25) is 0 Å². The van der Waals surface area contributed by atoms with Crippen LogP contribution >= 0.6 is 0 Å². The third-order valence-electron chi connectivity index (χ3n) is 2.62. The van der Waals surface area contributed by atoms with Gasteiger partial charge in [0.15, 0.2) is 0 Å². The van der Waals surface area contributed by atoms with E-state index in [9.17, 15) is 0 Å². The summed E-state index contributed by atoms with van der Waals surface area (Å²) in [5, 5.41) is 3.58. The van der Waals surface area contributed by atoms with E-state index in [0.717, 1.165) is 13.0 Å². The molecule has 0 fully saturated rings. The first-order chi connectivity index (χ1) is 7.75. The molecule has 16 heavy (non-hydrogen) atoms. The van der Waals surface area contributed by atoms with Gasteiger partial charge in [0.25, 0.3) is 0 Å². The average Bonchev–Trinajstić information content (AvgIpc) is 2.30. The van der Waals surface area contributed by atoms with E-state index in [1.807, 2.05) is 18.5 Å². The highest BCUT2D eigenvalue weighted by Gasteiger charge is 2.14. The smallest absolute Gasteiger partial charge is 0.0358 e. The van der Waals surface area contributed by atoms with Crippen LogP contribution in [0.5, 0.6) is 0 Å². The lowest BCUT2D eigenvalue weighted by molar-refractivity contribution is 0.415. The Morgan fingerprint density at radius 1 is 1.44 bits per heavy atom. The molecular formula is C14H22N2. The molecule has 1 atom stereocenters. The van der Waals surface area contributed by atoms with Crippen molar-refractivity contribution in [2.24, 2.45) is 5.92 Å². The molecule has 0 saturated carbocycles. The van der Waals surface area contributed by atoms with Gasteiger partial charge in [-0.15, -0.1) is 0 Å². The Morgan fingerprint density at radius 3 is 2.81 bits per heavy atom. The number of nitrogens with zero attached hydrogens (tertiary/aromatic N) is 1. The number of nitrogens with one attached hydrogen (secondary N) is 1. The Balaban J connectivity index is 2.55. The number of aromatic nitrogens is 1. The summed E-state index contributed by atoms with van der Waals surface area (Å²) in [5.74, 6) is 0.579. The third-order valence-corrected chi connectivity index (χ3v) is 2.62. The van der Waals surface area contributed by atoms with Gasteiger partial charge in [-0.25, -0.2) is 0 Å². The molecule has 1 aromatic heterocycles. The molecule has 1 heterocycles. The lowest BCUT2D eigenvalue weighted by Gasteiger charge is -2.22. The number of pyridine rings is 1. The first-order valence-electron chi connectivity index (χ1n) is 6.00. The van der Waals surface area contributed by atoms with Gasteiger partial charge in [0, 0.05) is 18.4 Å². The van der Waals surface area contributed by atoms with Gasteiger partial charge in [-0.1, -0.05) is 32.1 Å². The minimum Gasteiger partial charge on any atom is -0.309 e. The first kappa shape index (κ1) is 12.9. The van der Waals surface area contributed by atoms with Gasteiger partial charge in [-0.3, -0.25) is 4.98 Å². The molecular weight excluding hydrogens is 196 g/mol. The summed E-state index contributed by atoms with van der Waals surface area (Å²) < 4.78 is 0. The molecule has 1 unspecified atom stereocenters. The lowest BCUT2D eigenvalue weighted by Crippen LogP contribution is -2.26. The van der Waals surface area contributed by atoms with Crippen LogP contribution in [0.15, 0.2) is 36.7 Å². The minimum absolute atomic E-state index is 0.402. The Labute approximate surface area is 98.8 Å². The zero-order valence-corrected chi connectivity index (χ0v) is 10.5. The van der Waals surface area contributed by atoms with Gasteiger partial charge in [-0.2, -0.15) is 0 Å². The predicted octanol–water partition coefficient (Wildman–Crippen LogP) is 3.33. The van der Waals surface area contributed by atoms with E-state index in [2.05, 4.69) is 49.3 Å². The highest BCUT2D eigenvalue weighted by atomic mass is 14.9. The molecule has 88 valence electrons. The number of hydrogen-bond donors (Lipinski definition) is 1. The van der Waals surface area contributed by atoms with E-state index >= 15 is 0 Å². The molecule has 0 aromatic carbocycles. The van der Waals surface area contributed by atoms with Gasteiger partial charge in [0.1, 0.15) is 0 Å². The Hall–Kier alpha value is -1.15. The van der Waals surface area contributed by atoms with Crippen molar-refractivity contribution in [3.05, 3.63) is 42.2 Å². The molecule has 0 amide bonds. The fraction of sp³-hybridized carbons (Fsp3) is 0.500. The molecule has 0 saturated heterocycles. The number of hydrogen-bond acceptors (Lipinski definition) is 2. The molecule has 0 radical (unpaired) electrons. The Morgan fingerprint density at radius 2 is 2.25 bits per heavy atom. The minimum atomic E-state index is 0.402. The van der Waals surface area contributed by atoms with Crippen molar-refractivity contribution in [3.63, 3.8) is 0 Å². The molecule has 0 aliphatic carbocycles. The summed E-state index contributed by atoms with van der Waals surface area (Å²) in [5.41, 5.74) is 1.28. The van der Waals surface area contributed by atoms with Gasteiger partial charge >= 0.3 is 0 Å². The van der Waals surface area contributed by atoms with Crippen LogP contribution in [0, 0.1) is 5.92 Å². The van der Waals surface area contributed by atoms with Crippen LogP contribution in [0.25, 0.3) is 0 Å². The van der Waals surface area contributed by atoms with Crippen molar-refractivity contribution in [3.8, 4) is 0 Å². The second kappa shape index (κ2) is 7.18. The van der Waals surface area contributed by atoms with Crippen molar-refractivity contribution in [1.82, 2.24) is 10.3 Å². The molecule has 1 rings (SSSR count). The van der Waals surface area contributed by atoms with Crippen LogP contribution in [0.4, 0.5) is 0 Å². The molecule has 2 nitrogen and oxygen atoms in total. The molecule has 1 aromatic rings. The van der Waals surface area contributed by atoms with Crippen LogP contribution < -0.4 is 5.32 Å². The molecule has 2 heteroatoms. The molecule has 0 aliphatic heterocycles. The number of rotatable bonds is 6. The molecule has 1 N–H and O–H groups in total. The Bertz CT molecular complexity index is 304. The van der Waals surface area contributed by atoms with Gasteiger partial charge in [-0.05, 0) is 37.4 Å². The number of allylic oxidation sites excluding steroid dienone is 1. The summed E-state index contributed by atoms with van der Waals surface area (Å²) in [4.78, 5) is 4.18. The SMILES string of the molecule is C/C=C/CCNC(c1cccnc1)C(C)C. The molecule has 0 aliphatic rings. The van der Waals surface area contributed by atoms with Gasteiger partial charge < -0.3 is 5.32 Å². The fourth-order valence-electron chi connectivity index (χ4n) is 1.79. The lowest BCUT2D eigenvalue weighted by atomic mass is 9.97. The Kier molecular flexibility index (Phi) is 5.79. The summed E-state index contributed by atoms with van der Waals surface area (Å²) in [6, 6.07) is 4.54. The topological polar surface area (TPSA) is 24.9 Å². The third kappa shape index (κ3) is 4.15. The van der Waals surface area contributed by atoms with E-state index in [0.29, 0.717) is 12.0 Å². The van der Waals surface area contributed by atoms with E-state index in [-0.39, 0.29) is 0 Å². The summed E-state index contributed by atoms with van der Waals surface area (Å²) in [6.07, 6.45) is 9.14. The normalized spacial score (nSPS) is 13.5. The fourth-order valence-corrected chi connectivity index (χ4v) is 1.79. The highest BCUT2D eigenvalue weighted by molar-refractivity contribution is 5.14. The zero-order chi connectivity index (χ0) is 11.8. The monoisotopic (exact) mass is 218 g/mol. The average molecular weight is 218 g/mol. The van der Waals surface area contributed by atoms with E-state index in [1.54, 1.807) is 0 Å². The largest absolute Gasteiger partial charge is 0.309 e. The maximum Gasteiger partial charge on any atom is 0.0358 e. The van der Waals surface area contributed by atoms with Crippen molar-refractivity contribution < 1.29 is 0 Å². The quantitative estimate of drug-likeness (QED) is 0.585. The van der Waals surface area contributed by atoms with Crippen molar-refractivity contribution in [2.45, 2.75) is 33.2 Å². The van der Waals surface area contributed by atoms with E-state index < -0.39 is 0 Å². The zero-order valence-electron chi connectivity index (χ0n) is 10.5. The van der Waals surface area contributed by atoms with Crippen LogP contribution in [-0.4, -0.2) is 11.5 Å². The van der Waals surface area contributed by atoms with Crippen LogP contribution in [0.3, 0.4) is 0 Å². The van der Waals surface area contributed by atoms with Crippen LogP contribution in [0.1, 0.15) is 38.8 Å². The highest BCUT2D eigenvalue weighted by Crippen LogP contribution is 2.20. The molecule has 0 bridgehead atoms. The summed E-state index contributed by atoms with van der Waals surface area (Å²) in [7, 11) is 0. The standard InChI is InChI=1S/C14H22N2/c1-4-5-6-10-16-14(12(2)3)13-8-7-9-15-11-13/h4-5,7-9,11-12,14,16H,6,10H2,1-3H3/b5-4+. The second-order valence-electron chi connectivity index (χ2n) is 4.32. The van der Waals surface area contributed by atoms with Crippen LogP contribution in [-0.2, 0) is 0 Å². The summed E-state index contributed by atoms with van der Waals surface area (Å²) in [6.45, 7) is 7.55. The van der Waals surface area contributed by atoms with Gasteiger partial charge in [0.2, 0.25) is 0 Å². The second-order valence-corrected chi connectivity index (χ2v) is 4.32. The van der Waals surface area contributed by atoms with Gasteiger partial charge in [0.05, 0.1) is 0 Å². The van der Waals surface area contributed by atoms with Crippen molar-refractivity contribution in [2.75, 3.05) is 6.54 Å². The van der Waals surface area contributed by atoms with E-state index in [4.69, 9.17) is 0 Å². The van der Waals surface area contributed by atoms with Crippen molar-refractivity contribution >= 4 is 0 Å². The first-order valence-corrected chi connectivity index (χ1v) is 6.00. The maximum atomic E-state index is 4.18. The summed E-state index contributed by atoms with van der Waals surface area (Å²) >= 11 is 0. The van der Waals surface area contributed by atoms with E-state index in [1.165, 1.54) is 5.56 Å². The predicted molar refractivity (Wildman–Crippen MR) is 69.2 cm³/mol. The molecule has 0 spiro atoms. The van der Waals surface area contributed by atoms with Crippen molar-refractivity contribution in [1.29, 1.82) is 0 Å².